The van der Waals surface area contributed by atoms with Crippen LogP contribution in [0.5, 0.6) is 0 Å². The van der Waals surface area contributed by atoms with Crippen molar-refractivity contribution in [1.29, 1.82) is 0 Å². The van der Waals surface area contributed by atoms with Crippen LogP contribution in [0.4, 0.5) is 0 Å². The summed E-state index contributed by atoms with van der Waals surface area (Å²) >= 11 is 0. The van der Waals surface area contributed by atoms with Gasteiger partial charge < -0.3 is 9.73 Å². The van der Waals surface area contributed by atoms with Crippen LogP contribution in [0, 0.1) is 0 Å². The number of carbonyl (C=O) groups is 1. The van der Waals surface area contributed by atoms with Crippen LogP contribution in [0.15, 0.2) is 77.4 Å². The van der Waals surface area contributed by atoms with E-state index in [9.17, 15) is 4.79 Å². The van der Waals surface area contributed by atoms with E-state index in [0.717, 1.165) is 42.8 Å². The van der Waals surface area contributed by atoms with Crippen molar-refractivity contribution in [3.05, 3.63) is 95.4 Å². The third-order valence-corrected chi connectivity index (χ3v) is 5.70. The van der Waals surface area contributed by atoms with E-state index in [1.165, 1.54) is 18.4 Å². The first-order valence-corrected chi connectivity index (χ1v) is 10.5. The molecule has 0 saturated carbocycles. The van der Waals surface area contributed by atoms with Gasteiger partial charge in [-0.25, -0.2) is 0 Å². The number of rotatable bonds is 8. The molecule has 3 aromatic rings. The van der Waals surface area contributed by atoms with E-state index in [0.29, 0.717) is 6.54 Å². The number of benzene rings is 2. The Hall–Kier alpha value is -2.85. The average Bonchev–Trinajstić information content (AvgIpc) is 3.48. The number of likely N-dealkylation sites (tertiary alicyclic amines) is 1. The topological polar surface area (TPSA) is 45.5 Å². The predicted octanol–water partition coefficient (Wildman–Crippen LogP) is 4.63. The highest BCUT2D eigenvalue weighted by atomic mass is 16.3. The van der Waals surface area contributed by atoms with E-state index < -0.39 is 0 Å². The molecule has 1 fully saturated rings. The highest BCUT2D eigenvalue weighted by Gasteiger charge is 2.26. The summed E-state index contributed by atoms with van der Waals surface area (Å²) in [4.78, 5) is 15.4. The zero-order valence-corrected chi connectivity index (χ0v) is 16.7. The molecule has 1 aliphatic heterocycles. The molecule has 1 atom stereocenters. The minimum atomic E-state index is -0.00980. The minimum absolute atomic E-state index is 0.00980. The Morgan fingerprint density at radius 2 is 1.69 bits per heavy atom. The number of carbonyl (C=O) groups excluding carboxylic acids is 1. The molecule has 4 rings (SSSR count). The Labute approximate surface area is 172 Å². The van der Waals surface area contributed by atoms with Gasteiger partial charge in [-0.05, 0) is 68.1 Å². The van der Waals surface area contributed by atoms with Crippen molar-refractivity contribution < 1.29 is 9.21 Å². The fourth-order valence-corrected chi connectivity index (χ4v) is 4.11. The van der Waals surface area contributed by atoms with Gasteiger partial charge in [-0.3, -0.25) is 9.69 Å². The second kappa shape index (κ2) is 9.57. The maximum absolute atomic E-state index is 13.0. The predicted molar refractivity (Wildman–Crippen MR) is 115 cm³/mol. The Morgan fingerprint density at radius 1 is 0.931 bits per heavy atom. The number of amides is 1. The van der Waals surface area contributed by atoms with Crippen LogP contribution in [0.3, 0.4) is 0 Å². The summed E-state index contributed by atoms with van der Waals surface area (Å²) in [5, 5.41) is 3.16. The van der Waals surface area contributed by atoms with Gasteiger partial charge in [0.05, 0.1) is 12.3 Å². The van der Waals surface area contributed by atoms with Crippen molar-refractivity contribution >= 4 is 5.91 Å². The minimum Gasteiger partial charge on any atom is -0.468 e. The molecular formula is C25H28N2O2. The fourth-order valence-electron chi connectivity index (χ4n) is 4.11. The monoisotopic (exact) mass is 388 g/mol. The first-order valence-electron chi connectivity index (χ1n) is 10.5. The quantitative estimate of drug-likeness (QED) is 0.612. The first kappa shape index (κ1) is 19.5. The molecule has 0 radical (unpaired) electrons. The lowest BCUT2D eigenvalue weighted by Crippen LogP contribution is -2.36. The molecule has 4 nitrogen and oxygen atoms in total. The molecule has 1 unspecified atom stereocenters. The second-order valence-electron chi connectivity index (χ2n) is 7.63. The SMILES string of the molecule is O=C(NCC(c1ccco1)N1CCCC1)c1ccccc1CCc1ccccc1. The van der Waals surface area contributed by atoms with E-state index in [2.05, 4.69) is 40.5 Å². The van der Waals surface area contributed by atoms with Crippen molar-refractivity contribution in [2.45, 2.75) is 31.7 Å². The summed E-state index contributed by atoms with van der Waals surface area (Å²) in [5.41, 5.74) is 3.14. The molecule has 29 heavy (non-hydrogen) atoms. The molecule has 0 spiro atoms. The largest absolute Gasteiger partial charge is 0.468 e. The molecule has 0 bridgehead atoms. The van der Waals surface area contributed by atoms with Crippen LogP contribution >= 0.6 is 0 Å². The number of nitrogens with one attached hydrogen (secondary N) is 1. The van der Waals surface area contributed by atoms with E-state index in [4.69, 9.17) is 4.42 Å². The van der Waals surface area contributed by atoms with Gasteiger partial charge in [0.25, 0.3) is 5.91 Å². The number of hydrogen-bond donors (Lipinski definition) is 1. The molecule has 0 aliphatic carbocycles. The fraction of sp³-hybridized carbons (Fsp3) is 0.320. The Balaban J connectivity index is 1.42. The first-order chi connectivity index (χ1) is 14.3. The zero-order valence-electron chi connectivity index (χ0n) is 16.7. The molecule has 150 valence electrons. The van der Waals surface area contributed by atoms with Gasteiger partial charge in [-0.15, -0.1) is 0 Å². The van der Waals surface area contributed by atoms with Crippen LogP contribution < -0.4 is 5.32 Å². The van der Waals surface area contributed by atoms with Crippen LogP contribution in [-0.2, 0) is 12.8 Å². The van der Waals surface area contributed by atoms with E-state index in [1.807, 2.05) is 36.4 Å². The number of hydrogen-bond acceptors (Lipinski definition) is 3. The van der Waals surface area contributed by atoms with Crippen LogP contribution in [0.25, 0.3) is 0 Å². The van der Waals surface area contributed by atoms with Crippen LogP contribution in [-0.4, -0.2) is 30.4 Å². The van der Waals surface area contributed by atoms with Gasteiger partial charge >= 0.3 is 0 Å². The highest BCUT2D eigenvalue weighted by Crippen LogP contribution is 2.25. The maximum atomic E-state index is 13.0. The van der Waals surface area contributed by atoms with E-state index in [-0.39, 0.29) is 11.9 Å². The standard InChI is InChI=1S/C25H28N2O2/c28-25(26-19-23(24-13-8-18-29-24)27-16-6-7-17-27)22-12-5-4-11-21(22)15-14-20-9-2-1-3-10-20/h1-5,8-13,18,23H,6-7,14-17,19H2,(H,26,28). The van der Waals surface area contributed by atoms with E-state index >= 15 is 0 Å². The summed E-state index contributed by atoms with van der Waals surface area (Å²) in [6, 6.07) is 22.3. The van der Waals surface area contributed by atoms with Crippen molar-refractivity contribution in [2.75, 3.05) is 19.6 Å². The highest BCUT2D eigenvalue weighted by molar-refractivity contribution is 5.95. The number of nitrogens with zero attached hydrogens (tertiary/aromatic N) is 1. The maximum Gasteiger partial charge on any atom is 0.251 e. The van der Waals surface area contributed by atoms with Crippen LogP contribution in [0.1, 0.15) is 46.1 Å². The normalized spacial score (nSPS) is 15.3. The molecule has 2 aromatic carbocycles. The van der Waals surface area contributed by atoms with Crippen molar-refractivity contribution in [1.82, 2.24) is 10.2 Å². The molecule has 1 aromatic heterocycles. The van der Waals surface area contributed by atoms with Gasteiger partial charge in [0.2, 0.25) is 0 Å². The summed E-state index contributed by atoms with van der Waals surface area (Å²) < 4.78 is 5.66. The van der Waals surface area contributed by atoms with Gasteiger partial charge in [0.1, 0.15) is 5.76 Å². The third kappa shape index (κ3) is 4.96. The lowest BCUT2D eigenvalue weighted by atomic mass is 9.99. The molecule has 2 heterocycles. The molecule has 1 saturated heterocycles. The summed E-state index contributed by atoms with van der Waals surface area (Å²) in [5.74, 6) is 0.911. The van der Waals surface area contributed by atoms with Gasteiger partial charge in [-0.1, -0.05) is 48.5 Å². The molecule has 1 aliphatic rings. The lowest BCUT2D eigenvalue weighted by Gasteiger charge is -2.26. The van der Waals surface area contributed by atoms with Gasteiger partial charge in [-0.2, -0.15) is 0 Å². The van der Waals surface area contributed by atoms with Crippen LogP contribution in [0.2, 0.25) is 0 Å². The summed E-state index contributed by atoms with van der Waals surface area (Å²) in [7, 11) is 0. The molecular weight excluding hydrogens is 360 g/mol. The number of furan rings is 1. The van der Waals surface area contributed by atoms with Crippen molar-refractivity contribution in [3.8, 4) is 0 Å². The Morgan fingerprint density at radius 3 is 2.45 bits per heavy atom. The Bertz CT molecular complexity index is 900. The second-order valence-corrected chi connectivity index (χ2v) is 7.63. The van der Waals surface area contributed by atoms with Gasteiger partial charge in [0.15, 0.2) is 0 Å². The Kier molecular flexibility index (Phi) is 6.42. The zero-order chi connectivity index (χ0) is 19.9. The van der Waals surface area contributed by atoms with E-state index in [1.54, 1.807) is 6.26 Å². The smallest absolute Gasteiger partial charge is 0.251 e. The van der Waals surface area contributed by atoms with Gasteiger partial charge in [0, 0.05) is 12.1 Å². The summed E-state index contributed by atoms with van der Waals surface area (Å²) in [6.07, 6.45) is 5.88. The number of aryl methyl sites for hydroxylation is 2. The lowest BCUT2D eigenvalue weighted by molar-refractivity contribution is 0.0933. The average molecular weight is 389 g/mol. The third-order valence-electron chi connectivity index (χ3n) is 5.70. The van der Waals surface area contributed by atoms with Crippen molar-refractivity contribution in [3.63, 3.8) is 0 Å². The van der Waals surface area contributed by atoms with Crippen molar-refractivity contribution in [2.24, 2.45) is 0 Å². The molecule has 1 amide bonds. The summed E-state index contributed by atoms with van der Waals surface area (Å²) in [6.45, 7) is 2.66. The molecule has 1 N–H and O–H groups in total. The molecule has 4 heteroatoms.